The molecule has 0 aromatic carbocycles. The number of hydrogen-bond donors (Lipinski definition) is 0. The molecule has 1 fully saturated rings. The zero-order valence-electron chi connectivity index (χ0n) is 12.7. The molecule has 0 unspecified atom stereocenters. The van der Waals surface area contributed by atoms with Gasteiger partial charge >= 0.3 is 6.18 Å². The minimum atomic E-state index is -4.51. The highest BCUT2D eigenvalue weighted by Crippen LogP contribution is 2.30. The van der Waals surface area contributed by atoms with Crippen LogP contribution in [-0.2, 0) is 6.18 Å². The summed E-state index contributed by atoms with van der Waals surface area (Å²) in [4.78, 5) is 18.6. The number of rotatable bonds is 2. The molecule has 2 aromatic rings. The van der Waals surface area contributed by atoms with Crippen LogP contribution in [0.2, 0.25) is 5.02 Å². The fourth-order valence-corrected chi connectivity index (χ4v) is 2.67. The fraction of sp³-hybridized carbons (Fsp3) is 0.357. The zero-order valence-corrected chi connectivity index (χ0v) is 13.5. The molecular formula is C14H11ClF3N7. The molecule has 7 nitrogen and oxygen atoms in total. The van der Waals surface area contributed by atoms with Crippen LogP contribution in [-0.4, -0.2) is 46.1 Å². The van der Waals surface area contributed by atoms with E-state index in [1.807, 2.05) is 11.0 Å². The van der Waals surface area contributed by atoms with Crippen LogP contribution in [0.1, 0.15) is 11.5 Å². The van der Waals surface area contributed by atoms with Crippen LogP contribution in [0.3, 0.4) is 0 Å². The van der Waals surface area contributed by atoms with E-state index in [4.69, 9.17) is 16.9 Å². The van der Waals surface area contributed by atoms with Gasteiger partial charge < -0.3 is 9.80 Å². The van der Waals surface area contributed by atoms with Gasteiger partial charge in [0.2, 0.25) is 5.82 Å². The number of aromatic nitrogens is 4. The molecule has 0 amide bonds. The van der Waals surface area contributed by atoms with Crippen LogP contribution < -0.4 is 9.80 Å². The lowest BCUT2D eigenvalue weighted by molar-refractivity contribution is -0.141. The van der Waals surface area contributed by atoms with Crippen LogP contribution in [0.25, 0.3) is 0 Å². The predicted octanol–water partition coefficient (Wildman–Crippen LogP) is 2.14. The van der Waals surface area contributed by atoms with E-state index in [0.29, 0.717) is 37.0 Å². The Kier molecular flexibility index (Phi) is 4.59. The molecular weight excluding hydrogens is 359 g/mol. The Labute approximate surface area is 145 Å². The maximum absolute atomic E-state index is 12.8. The van der Waals surface area contributed by atoms with Crippen molar-refractivity contribution < 1.29 is 13.2 Å². The Morgan fingerprint density at radius 3 is 2.40 bits per heavy atom. The molecule has 11 heteroatoms. The van der Waals surface area contributed by atoms with E-state index in [-0.39, 0.29) is 11.6 Å². The van der Waals surface area contributed by atoms with E-state index in [0.717, 1.165) is 12.4 Å². The van der Waals surface area contributed by atoms with Crippen molar-refractivity contribution in [1.82, 2.24) is 19.9 Å². The molecule has 0 spiro atoms. The molecule has 0 radical (unpaired) electrons. The lowest BCUT2D eigenvalue weighted by Crippen LogP contribution is -2.47. The molecule has 130 valence electrons. The van der Waals surface area contributed by atoms with Crippen LogP contribution in [0.15, 0.2) is 18.6 Å². The van der Waals surface area contributed by atoms with Gasteiger partial charge in [0.25, 0.3) is 0 Å². The zero-order chi connectivity index (χ0) is 18.0. The highest BCUT2D eigenvalue weighted by Gasteiger charge is 2.33. The molecule has 3 heterocycles. The standard InChI is InChI=1S/C14H11ClF3N7/c15-9-7-20-11(6-19)23-13(9)25-3-1-24(2-4-25)12-5-10(14(16,17)18)21-8-22-12/h5,7-8H,1-4H2. The van der Waals surface area contributed by atoms with E-state index in [1.54, 1.807) is 4.90 Å². The highest BCUT2D eigenvalue weighted by molar-refractivity contribution is 6.32. The van der Waals surface area contributed by atoms with Crippen LogP contribution in [0, 0.1) is 11.3 Å². The average Bonchev–Trinajstić information content (AvgIpc) is 2.62. The summed E-state index contributed by atoms with van der Waals surface area (Å²) >= 11 is 6.08. The van der Waals surface area contributed by atoms with Gasteiger partial charge in [-0.15, -0.1) is 0 Å². The summed E-state index contributed by atoms with van der Waals surface area (Å²) in [5, 5.41) is 9.20. The number of nitriles is 1. The molecule has 0 aliphatic carbocycles. The van der Waals surface area contributed by atoms with Crippen LogP contribution >= 0.6 is 11.6 Å². The molecule has 0 atom stereocenters. The van der Waals surface area contributed by atoms with E-state index >= 15 is 0 Å². The molecule has 0 bridgehead atoms. The third-order valence-corrected chi connectivity index (χ3v) is 3.94. The van der Waals surface area contributed by atoms with Gasteiger partial charge in [-0.25, -0.2) is 19.9 Å². The number of nitrogens with zero attached hydrogens (tertiary/aromatic N) is 7. The molecule has 2 aromatic heterocycles. The van der Waals surface area contributed by atoms with Crippen molar-refractivity contribution in [2.24, 2.45) is 0 Å². The number of piperazine rings is 1. The summed E-state index contributed by atoms with van der Waals surface area (Å²) in [6.07, 6.45) is -2.25. The maximum Gasteiger partial charge on any atom is 0.433 e. The normalized spacial score (nSPS) is 15.2. The Morgan fingerprint density at radius 2 is 1.76 bits per heavy atom. The molecule has 3 rings (SSSR count). The summed E-state index contributed by atoms with van der Waals surface area (Å²) in [5.41, 5.74) is -0.975. The molecule has 1 aliphatic rings. The van der Waals surface area contributed by atoms with Gasteiger partial charge in [0.05, 0.1) is 6.20 Å². The minimum absolute atomic E-state index is 0.00690. The Bertz CT molecular complexity index is 813. The number of alkyl halides is 3. The van der Waals surface area contributed by atoms with Crippen molar-refractivity contribution in [3.63, 3.8) is 0 Å². The first-order chi connectivity index (χ1) is 11.9. The van der Waals surface area contributed by atoms with Crippen molar-refractivity contribution >= 4 is 23.2 Å². The van der Waals surface area contributed by atoms with Crippen molar-refractivity contribution in [2.75, 3.05) is 36.0 Å². The molecule has 25 heavy (non-hydrogen) atoms. The van der Waals surface area contributed by atoms with Gasteiger partial charge in [-0.1, -0.05) is 11.6 Å². The van der Waals surface area contributed by atoms with Gasteiger partial charge in [-0.2, -0.15) is 18.4 Å². The van der Waals surface area contributed by atoms with Crippen molar-refractivity contribution in [1.29, 1.82) is 5.26 Å². The van der Waals surface area contributed by atoms with Crippen LogP contribution in [0.4, 0.5) is 24.8 Å². The van der Waals surface area contributed by atoms with Gasteiger partial charge in [-0.05, 0) is 0 Å². The Hall–Kier alpha value is -2.67. The van der Waals surface area contributed by atoms with E-state index in [2.05, 4.69) is 19.9 Å². The van der Waals surface area contributed by atoms with Crippen molar-refractivity contribution in [3.8, 4) is 6.07 Å². The summed E-state index contributed by atoms with van der Waals surface area (Å²) in [5.74, 6) is 0.660. The maximum atomic E-state index is 12.8. The van der Waals surface area contributed by atoms with E-state index < -0.39 is 11.9 Å². The lowest BCUT2D eigenvalue weighted by Gasteiger charge is -2.36. The lowest BCUT2D eigenvalue weighted by atomic mass is 10.3. The van der Waals surface area contributed by atoms with Crippen molar-refractivity contribution in [2.45, 2.75) is 6.18 Å². The molecule has 1 saturated heterocycles. The summed E-state index contributed by atoms with van der Waals surface area (Å²) in [7, 11) is 0. The summed E-state index contributed by atoms with van der Waals surface area (Å²) in [6, 6.07) is 2.78. The van der Waals surface area contributed by atoms with Crippen LogP contribution in [0.5, 0.6) is 0 Å². The fourth-order valence-electron chi connectivity index (χ4n) is 2.46. The topological polar surface area (TPSA) is 81.8 Å². The smallest absolute Gasteiger partial charge is 0.353 e. The second-order valence-electron chi connectivity index (χ2n) is 5.21. The van der Waals surface area contributed by atoms with Gasteiger partial charge in [-0.3, -0.25) is 0 Å². The summed E-state index contributed by atoms with van der Waals surface area (Å²) in [6.45, 7) is 1.78. The van der Waals surface area contributed by atoms with Gasteiger partial charge in [0.1, 0.15) is 28.9 Å². The number of anilines is 2. The average molecular weight is 370 g/mol. The third kappa shape index (κ3) is 3.71. The molecule has 0 N–H and O–H groups in total. The Morgan fingerprint density at radius 1 is 1.08 bits per heavy atom. The summed E-state index contributed by atoms with van der Waals surface area (Å²) < 4.78 is 38.3. The highest BCUT2D eigenvalue weighted by atomic mass is 35.5. The number of hydrogen-bond acceptors (Lipinski definition) is 7. The number of halogens is 4. The van der Waals surface area contributed by atoms with Gasteiger partial charge in [0.15, 0.2) is 5.82 Å². The second kappa shape index (κ2) is 6.68. The second-order valence-corrected chi connectivity index (χ2v) is 5.62. The van der Waals surface area contributed by atoms with Gasteiger partial charge in [0, 0.05) is 32.2 Å². The van der Waals surface area contributed by atoms with E-state index in [1.165, 1.54) is 6.20 Å². The Balaban J connectivity index is 1.74. The monoisotopic (exact) mass is 369 g/mol. The first-order valence-corrected chi connectivity index (χ1v) is 7.58. The largest absolute Gasteiger partial charge is 0.433 e. The van der Waals surface area contributed by atoms with E-state index in [9.17, 15) is 13.2 Å². The van der Waals surface area contributed by atoms with Crippen molar-refractivity contribution in [3.05, 3.63) is 35.1 Å². The molecule has 1 aliphatic heterocycles. The minimum Gasteiger partial charge on any atom is -0.353 e. The SMILES string of the molecule is N#Cc1ncc(Cl)c(N2CCN(c3cc(C(F)(F)F)ncn3)CC2)n1. The first kappa shape index (κ1) is 17.2. The molecule has 0 saturated carbocycles. The first-order valence-electron chi connectivity index (χ1n) is 7.20. The quantitative estimate of drug-likeness (QED) is 0.802. The third-order valence-electron chi connectivity index (χ3n) is 3.67. The predicted molar refractivity (Wildman–Crippen MR) is 83.2 cm³/mol.